The molecule has 1 fully saturated rings. The van der Waals surface area contributed by atoms with Crippen molar-refractivity contribution < 1.29 is 4.79 Å². The first-order valence-corrected chi connectivity index (χ1v) is 10.9. The number of nitrogens with zero attached hydrogens (tertiary/aromatic N) is 4. The van der Waals surface area contributed by atoms with Crippen molar-refractivity contribution in [2.24, 2.45) is 0 Å². The molecule has 6 nitrogen and oxygen atoms in total. The van der Waals surface area contributed by atoms with E-state index in [0.29, 0.717) is 11.4 Å². The first-order chi connectivity index (χ1) is 14.7. The molecular formula is C24H27N5O. The molecule has 1 amide bonds. The van der Waals surface area contributed by atoms with Gasteiger partial charge in [-0.2, -0.15) is 5.10 Å². The van der Waals surface area contributed by atoms with Gasteiger partial charge in [-0.25, -0.2) is 9.67 Å². The predicted octanol–water partition coefficient (Wildman–Crippen LogP) is 4.31. The third-order valence-corrected chi connectivity index (χ3v) is 6.11. The summed E-state index contributed by atoms with van der Waals surface area (Å²) in [5.74, 6) is 0.823. The lowest BCUT2D eigenvalue weighted by atomic mass is 10.1. The highest BCUT2D eigenvalue weighted by molar-refractivity contribution is 6.04. The highest BCUT2D eigenvalue weighted by Crippen LogP contribution is 2.28. The van der Waals surface area contributed by atoms with Gasteiger partial charge in [-0.3, -0.25) is 4.79 Å². The van der Waals surface area contributed by atoms with Gasteiger partial charge in [0.1, 0.15) is 5.82 Å². The Bertz CT molecular complexity index is 1050. The van der Waals surface area contributed by atoms with E-state index in [0.717, 1.165) is 55.1 Å². The minimum absolute atomic E-state index is 0.161. The molecule has 30 heavy (non-hydrogen) atoms. The molecule has 154 valence electrons. The maximum atomic E-state index is 13.0. The Morgan fingerprint density at radius 3 is 2.50 bits per heavy atom. The number of carbonyl (C=O) groups excluding carboxylic acids is 1. The molecule has 2 aromatic heterocycles. The Morgan fingerprint density at radius 2 is 1.77 bits per heavy atom. The molecule has 0 saturated carbocycles. The number of amides is 1. The van der Waals surface area contributed by atoms with Gasteiger partial charge in [0.25, 0.3) is 5.91 Å². The Kier molecular flexibility index (Phi) is 4.99. The molecule has 1 N–H and O–H groups in total. The maximum Gasteiger partial charge on any atom is 0.276 e. The lowest BCUT2D eigenvalue weighted by molar-refractivity contribution is 0.102. The van der Waals surface area contributed by atoms with E-state index in [4.69, 9.17) is 5.10 Å². The van der Waals surface area contributed by atoms with E-state index in [-0.39, 0.29) is 5.91 Å². The zero-order valence-electron chi connectivity index (χ0n) is 17.4. The van der Waals surface area contributed by atoms with Crippen LogP contribution in [0.1, 0.15) is 53.0 Å². The van der Waals surface area contributed by atoms with Crippen LogP contribution in [0.25, 0.3) is 5.69 Å². The van der Waals surface area contributed by atoms with Crippen molar-refractivity contribution in [2.75, 3.05) is 23.3 Å². The lowest BCUT2D eigenvalue weighted by Gasteiger charge is -2.27. The van der Waals surface area contributed by atoms with Crippen molar-refractivity contribution in [3.8, 4) is 5.69 Å². The fourth-order valence-corrected chi connectivity index (χ4v) is 4.48. The van der Waals surface area contributed by atoms with Crippen molar-refractivity contribution in [3.05, 3.63) is 65.1 Å². The summed E-state index contributed by atoms with van der Waals surface area (Å²) < 4.78 is 1.94. The number of hydrogen-bond donors (Lipinski definition) is 1. The minimum Gasteiger partial charge on any atom is -0.357 e. The first kappa shape index (κ1) is 18.9. The van der Waals surface area contributed by atoms with Gasteiger partial charge >= 0.3 is 0 Å². The SMILES string of the molecule is Cc1ccc(-n2nc(C(=O)Nc3ccc(N4CCCCC4)nc3)c3c2CCC3)cc1. The number of piperidine rings is 1. The largest absolute Gasteiger partial charge is 0.357 e. The third-order valence-electron chi connectivity index (χ3n) is 6.11. The minimum atomic E-state index is -0.161. The molecule has 0 atom stereocenters. The summed E-state index contributed by atoms with van der Waals surface area (Å²) >= 11 is 0. The van der Waals surface area contributed by atoms with Gasteiger partial charge in [0, 0.05) is 24.3 Å². The van der Waals surface area contributed by atoms with Crippen LogP contribution < -0.4 is 10.2 Å². The summed E-state index contributed by atoms with van der Waals surface area (Å²) in [6, 6.07) is 12.2. The van der Waals surface area contributed by atoms with E-state index in [9.17, 15) is 4.79 Å². The van der Waals surface area contributed by atoms with E-state index in [2.05, 4.69) is 46.4 Å². The molecule has 3 aromatic rings. The van der Waals surface area contributed by atoms with Gasteiger partial charge < -0.3 is 10.2 Å². The number of rotatable bonds is 4. The molecule has 1 aliphatic heterocycles. The van der Waals surface area contributed by atoms with E-state index in [1.165, 1.54) is 24.8 Å². The molecule has 0 spiro atoms. The second kappa shape index (κ2) is 7.94. The molecule has 2 aliphatic rings. The van der Waals surface area contributed by atoms with Crippen LogP contribution in [0.5, 0.6) is 0 Å². The molecule has 1 aromatic carbocycles. The van der Waals surface area contributed by atoms with Crippen LogP contribution in [0, 0.1) is 6.92 Å². The topological polar surface area (TPSA) is 63.1 Å². The zero-order valence-corrected chi connectivity index (χ0v) is 17.4. The number of aromatic nitrogens is 3. The van der Waals surface area contributed by atoms with Crippen LogP contribution in [0.3, 0.4) is 0 Å². The number of carbonyl (C=O) groups is 1. The van der Waals surface area contributed by atoms with Crippen LogP contribution in [-0.4, -0.2) is 33.8 Å². The van der Waals surface area contributed by atoms with Crippen LogP contribution in [0.4, 0.5) is 11.5 Å². The number of benzene rings is 1. The summed E-state index contributed by atoms with van der Waals surface area (Å²) in [5.41, 5.74) is 5.68. The van der Waals surface area contributed by atoms with Crippen molar-refractivity contribution in [3.63, 3.8) is 0 Å². The Morgan fingerprint density at radius 1 is 0.967 bits per heavy atom. The Labute approximate surface area is 176 Å². The third kappa shape index (κ3) is 3.58. The zero-order chi connectivity index (χ0) is 20.5. The molecule has 3 heterocycles. The molecule has 1 saturated heterocycles. The van der Waals surface area contributed by atoms with Gasteiger partial charge in [-0.1, -0.05) is 17.7 Å². The molecular weight excluding hydrogens is 374 g/mol. The van der Waals surface area contributed by atoms with Gasteiger partial charge in [0.2, 0.25) is 0 Å². The van der Waals surface area contributed by atoms with Crippen molar-refractivity contribution in [1.29, 1.82) is 0 Å². The van der Waals surface area contributed by atoms with Crippen molar-refractivity contribution >= 4 is 17.4 Å². The average Bonchev–Trinajstić information content (AvgIpc) is 3.39. The Hall–Kier alpha value is -3.15. The predicted molar refractivity (Wildman–Crippen MR) is 119 cm³/mol. The fraction of sp³-hybridized carbons (Fsp3) is 0.375. The average molecular weight is 402 g/mol. The number of aryl methyl sites for hydroxylation is 1. The second-order valence-corrected chi connectivity index (χ2v) is 8.28. The summed E-state index contributed by atoms with van der Waals surface area (Å²) in [5, 5.41) is 7.69. The number of anilines is 2. The summed E-state index contributed by atoms with van der Waals surface area (Å²) in [6.07, 6.45) is 8.39. The molecule has 5 rings (SSSR count). The molecule has 0 unspecified atom stereocenters. The molecule has 0 radical (unpaired) electrons. The van der Waals surface area contributed by atoms with Gasteiger partial charge in [-0.15, -0.1) is 0 Å². The van der Waals surface area contributed by atoms with E-state index in [1.54, 1.807) is 6.20 Å². The van der Waals surface area contributed by atoms with Crippen LogP contribution >= 0.6 is 0 Å². The van der Waals surface area contributed by atoms with Gasteiger partial charge in [0.15, 0.2) is 5.69 Å². The lowest BCUT2D eigenvalue weighted by Crippen LogP contribution is -2.30. The monoisotopic (exact) mass is 401 g/mol. The Balaban J connectivity index is 1.36. The van der Waals surface area contributed by atoms with Crippen LogP contribution in [-0.2, 0) is 12.8 Å². The van der Waals surface area contributed by atoms with E-state index >= 15 is 0 Å². The molecule has 1 aliphatic carbocycles. The number of hydrogen-bond acceptors (Lipinski definition) is 4. The molecule has 0 bridgehead atoms. The smallest absolute Gasteiger partial charge is 0.276 e. The highest BCUT2D eigenvalue weighted by Gasteiger charge is 2.27. The normalized spacial score (nSPS) is 15.8. The van der Waals surface area contributed by atoms with Crippen molar-refractivity contribution in [1.82, 2.24) is 14.8 Å². The summed E-state index contributed by atoms with van der Waals surface area (Å²) in [7, 11) is 0. The van der Waals surface area contributed by atoms with Crippen LogP contribution in [0.2, 0.25) is 0 Å². The standard InChI is InChI=1S/C24H27N5O/c1-17-8-11-19(12-9-17)29-21-7-5-6-20(21)23(27-29)24(30)26-18-10-13-22(25-16-18)28-14-3-2-4-15-28/h8-13,16H,2-7,14-15H2,1H3,(H,26,30). The van der Waals surface area contributed by atoms with Gasteiger partial charge in [-0.05, 0) is 69.7 Å². The summed E-state index contributed by atoms with van der Waals surface area (Å²) in [6.45, 7) is 4.18. The summed E-state index contributed by atoms with van der Waals surface area (Å²) in [4.78, 5) is 19.9. The number of fused-ring (bicyclic) bond motifs is 1. The maximum absolute atomic E-state index is 13.0. The first-order valence-electron chi connectivity index (χ1n) is 10.9. The van der Waals surface area contributed by atoms with Crippen molar-refractivity contribution in [2.45, 2.75) is 45.4 Å². The number of nitrogens with one attached hydrogen (secondary N) is 1. The quantitative estimate of drug-likeness (QED) is 0.708. The van der Waals surface area contributed by atoms with Gasteiger partial charge in [0.05, 0.1) is 17.6 Å². The number of pyridine rings is 1. The highest BCUT2D eigenvalue weighted by atomic mass is 16.2. The second-order valence-electron chi connectivity index (χ2n) is 8.28. The molecule has 6 heteroatoms. The van der Waals surface area contributed by atoms with E-state index in [1.807, 2.05) is 16.8 Å². The fourth-order valence-electron chi connectivity index (χ4n) is 4.48. The van der Waals surface area contributed by atoms with Crippen LogP contribution in [0.15, 0.2) is 42.6 Å². The van der Waals surface area contributed by atoms with E-state index < -0.39 is 0 Å².